The monoisotopic (exact) mass is 376 g/mol. The van der Waals surface area contributed by atoms with Crippen molar-refractivity contribution in [3.8, 4) is 11.5 Å². The Kier molecular flexibility index (Phi) is 5.41. The van der Waals surface area contributed by atoms with Gasteiger partial charge in [0.1, 0.15) is 6.61 Å². The number of carbonyl (C=O) groups is 2. The lowest BCUT2D eigenvalue weighted by Crippen LogP contribution is -2.29. The second-order valence-corrected chi connectivity index (χ2v) is 6.98. The fraction of sp³-hybridized carbons (Fsp3) is 0.389. The molecule has 8 heteroatoms. The Morgan fingerprint density at radius 2 is 2.15 bits per heavy atom. The maximum atomic E-state index is 12.7. The van der Waals surface area contributed by atoms with Crippen molar-refractivity contribution in [3.63, 3.8) is 0 Å². The van der Waals surface area contributed by atoms with Crippen LogP contribution in [-0.4, -0.2) is 47.1 Å². The van der Waals surface area contributed by atoms with E-state index < -0.39 is 11.9 Å². The second kappa shape index (κ2) is 7.74. The van der Waals surface area contributed by atoms with E-state index in [0.717, 1.165) is 5.69 Å². The van der Waals surface area contributed by atoms with Crippen molar-refractivity contribution in [2.75, 3.05) is 20.2 Å². The Bertz CT molecular complexity index is 793. The fourth-order valence-corrected chi connectivity index (χ4v) is 3.56. The van der Waals surface area contributed by atoms with Gasteiger partial charge in [-0.25, -0.2) is 4.98 Å². The van der Waals surface area contributed by atoms with Gasteiger partial charge in [-0.05, 0) is 24.1 Å². The van der Waals surface area contributed by atoms with Crippen molar-refractivity contribution in [1.29, 1.82) is 0 Å². The van der Waals surface area contributed by atoms with Crippen molar-refractivity contribution < 1.29 is 24.2 Å². The number of aromatic nitrogens is 1. The minimum atomic E-state index is -0.865. The molecule has 138 valence electrons. The third kappa shape index (κ3) is 3.80. The van der Waals surface area contributed by atoms with Crippen molar-refractivity contribution in [2.45, 2.75) is 13.5 Å². The van der Waals surface area contributed by atoms with Gasteiger partial charge in [0, 0.05) is 24.0 Å². The number of aliphatic carboxylic acids is 1. The molecule has 1 aromatic carbocycles. The van der Waals surface area contributed by atoms with Crippen LogP contribution in [0.1, 0.15) is 23.0 Å². The molecule has 0 saturated carbocycles. The summed E-state index contributed by atoms with van der Waals surface area (Å²) in [6, 6.07) is 4.98. The van der Waals surface area contributed by atoms with E-state index in [0.29, 0.717) is 30.2 Å². The number of likely N-dealkylation sites (tertiary alicyclic amines) is 1. The molecule has 1 amide bonds. The SMILES string of the molecule is COc1cc(C(=O)N2C[C@@H](C)[C@H](C(=O)O)C2)ccc1OCc1cscn1. The highest BCUT2D eigenvalue weighted by Crippen LogP contribution is 2.31. The molecular weight excluding hydrogens is 356 g/mol. The molecule has 0 spiro atoms. The molecule has 0 bridgehead atoms. The van der Waals surface area contributed by atoms with Gasteiger partial charge in [0.25, 0.3) is 5.91 Å². The molecular formula is C18H20N2O5S. The minimum Gasteiger partial charge on any atom is -0.493 e. The van der Waals surface area contributed by atoms with Gasteiger partial charge in [-0.3, -0.25) is 9.59 Å². The molecule has 26 heavy (non-hydrogen) atoms. The van der Waals surface area contributed by atoms with E-state index >= 15 is 0 Å². The number of hydrogen-bond acceptors (Lipinski definition) is 6. The molecule has 2 aromatic rings. The number of carboxylic acid groups (broad SMARTS) is 1. The second-order valence-electron chi connectivity index (χ2n) is 6.27. The molecule has 0 aliphatic carbocycles. The lowest BCUT2D eigenvalue weighted by atomic mass is 9.99. The third-order valence-corrected chi connectivity index (χ3v) is 5.12. The summed E-state index contributed by atoms with van der Waals surface area (Å²) in [5.41, 5.74) is 3.00. The highest BCUT2D eigenvalue weighted by molar-refractivity contribution is 7.07. The van der Waals surface area contributed by atoms with E-state index in [1.807, 2.05) is 12.3 Å². The molecule has 0 unspecified atom stereocenters. The van der Waals surface area contributed by atoms with Crippen LogP contribution in [0.3, 0.4) is 0 Å². The van der Waals surface area contributed by atoms with E-state index in [1.165, 1.54) is 18.4 Å². The van der Waals surface area contributed by atoms with Gasteiger partial charge in [0.05, 0.1) is 24.2 Å². The molecule has 2 atom stereocenters. The summed E-state index contributed by atoms with van der Waals surface area (Å²) in [5.74, 6) is -0.690. The van der Waals surface area contributed by atoms with E-state index in [4.69, 9.17) is 9.47 Å². The van der Waals surface area contributed by atoms with Crippen LogP contribution in [0.2, 0.25) is 0 Å². The maximum absolute atomic E-state index is 12.7. The molecule has 0 radical (unpaired) electrons. The lowest BCUT2D eigenvalue weighted by Gasteiger charge is -2.17. The number of thiazole rings is 1. The fourth-order valence-electron chi connectivity index (χ4n) is 3.02. The van der Waals surface area contributed by atoms with Gasteiger partial charge >= 0.3 is 5.97 Å². The van der Waals surface area contributed by atoms with Gasteiger partial charge in [-0.2, -0.15) is 0 Å². The highest BCUT2D eigenvalue weighted by atomic mass is 32.1. The number of carboxylic acids is 1. The van der Waals surface area contributed by atoms with Crippen molar-refractivity contribution in [3.05, 3.63) is 40.3 Å². The summed E-state index contributed by atoms with van der Waals surface area (Å²) in [5, 5.41) is 11.1. The average molecular weight is 376 g/mol. The molecule has 3 rings (SSSR count). The van der Waals surface area contributed by atoms with Crippen LogP contribution in [-0.2, 0) is 11.4 Å². The molecule has 1 saturated heterocycles. The largest absolute Gasteiger partial charge is 0.493 e. The van der Waals surface area contributed by atoms with Crippen LogP contribution in [0.4, 0.5) is 0 Å². The van der Waals surface area contributed by atoms with Crippen LogP contribution >= 0.6 is 11.3 Å². The maximum Gasteiger partial charge on any atom is 0.308 e. The third-order valence-electron chi connectivity index (χ3n) is 4.49. The average Bonchev–Trinajstić information content (AvgIpc) is 3.28. The first-order valence-corrected chi connectivity index (χ1v) is 9.14. The van der Waals surface area contributed by atoms with E-state index in [1.54, 1.807) is 28.6 Å². The van der Waals surface area contributed by atoms with E-state index in [2.05, 4.69) is 4.98 Å². The summed E-state index contributed by atoms with van der Waals surface area (Å²) in [4.78, 5) is 29.7. The number of carbonyl (C=O) groups excluding carboxylic acids is 1. The minimum absolute atomic E-state index is 0.0703. The number of methoxy groups -OCH3 is 1. The van der Waals surface area contributed by atoms with Gasteiger partial charge in [0.2, 0.25) is 0 Å². The van der Waals surface area contributed by atoms with E-state index in [-0.39, 0.29) is 18.4 Å². The Morgan fingerprint density at radius 3 is 2.77 bits per heavy atom. The zero-order valence-corrected chi connectivity index (χ0v) is 15.4. The molecule has 1 aliphatic heterocycles. The summed E-state index contributed by atoms with van der Waals surface area (Å²) >= 11 is 1.49. The summed E-state index contributed by atoms with van der Waals surface area (Å²) < 4.78 is 11.1. The highest BCUT2D eigenvalue weighted by Gasteiger charge is 2.37. The first-order chi connectivity index (χ1) is 12.5. The van der Waals surface area contributed by atoms with Crippen molar-refractivity contribution >= 4 is 23.2 Å². The number of ether oxygens (including phenoxy) is 2. The van der Waals surface area contributed by atoms with Crippen LogP contribution in [0.25, 0.3) is 0 Å². The molecule has 1 aliphatic rings. The van der Waals surface area contributed by atoms with Crippen molar-refractivity contribution in [1.82, 2.24) is 9.88 Å². The Labute approximate surface area is 155 Å². The van der Waals surface area contributed by atoms with Gasteiger partial charge in [0.15, 0.2) is 11.5 Å². The molecule has 1 aromatic heterocycles. The lowest BCUT2D eigenvalue weighted by molar-refractivity contribution is -0.142. The first kappa shape index (κ1) is 18.2. The molecule has 7 nitrogen and oxygen atoms in total. The van der Waals surface area contributed by atoms with Crippen LogP contribution < -0.4 is 9.47 Å². The van der Waals surface area contributed by atoms with Crippen LogP contribution in [0.15, 0.2) is 29.1 Å². The summed E-state index contributed by atoms with van der Waals surface area (Å²) in [6.07, 6.45) is 0. The Balaban J connectivity index is 1.72. The molecule has 2 heterocycles. The Morgan fingerprint density at radius 1 is 1.35 bits per heavy atom. The number of amides is 1. The summed E-state index contributed by atoms with van der Waals surface area (Å²) in [7, 11) is 1.51. The molecule has 1 N–H and O–H groups in total. The van der Waals surface area contributed by atoms with Crippen molar-refractivity contribution in [2.24, 2.45) is 11.8 Å². The number of benzene rings is 1. The standard InChI is InChI=1S/C18H20N2O5S/c1-11-6-20(7-14(11)18(22)23)17(21)12-3-4-15(16(5-12)24-2)25-8-13-9-26-10-19-13/h3-5,9-11,14H,6-8H2,1-2H3,(H,22,23)/t11-,14-/m1/s1. The predicted octanol–water partition coefficient (Wildman–Crippen LogP) is 2.52. The normalized spacial score (nSPS) is 19.4. The number of hydrogen-bond donors (Lipinski definition) is 1. The number of rotatable bonds is 6. The first-order valence-electron chi connectivity index (χ1n) is 8.19. The summed E-state index contributed by atoms with van der Waals surface area (Å²) in [6.45, 7) is 2.82. The molecule has 1 fully saturated rings. The smallest absolute Gasteiger partial charge is 0.308 e. The van der Waals surface area contributed by atoms with Crippen LogP contribution in [0, 0.1) is 11.8 Å². The zero-order chi connectivity index (χ0) is 18.7. The van der Waals surface area contributed by atoms with Crippen LogP contribution in [0.5, 0.6) is 11.5 Å². The zero-order valence-electron chi connectivity index (χ0n) is 14.5. The predicted molar refractivity (Wildman–Crippen MR) is 95.6 cm³/mol. The number of nitrogens with zero attached hydrogens (tertiary/aromatic N) is 2. The van der Waals surface area contributed by atoms with Gasteiger partial charge < -0.3 is 19.5 Å². The Hall–Kier alpha value is -2.61. The van der Waals surface area contributed by atoms with Gasteiger partial charge in [-0.1, -0.05) is 6.92 Å². The van der Waals surface area contributed by atoms with E-state index in [9.17, 15) is 14.7 Å². The topological polar surface area (TPSA) is 89.0 Å². The van der Waals surface area contributed by atoms with Gasteiger partial charge in [-0.15, -0.1) is 11.3 Å². The quantitative estimate of drug-likeness (QED) is 0.833.